The van der Waals surface area contributed by atoms with Crippen molar-refractivity contribution >= 4 is 40.2 Å². The van der Waals surface area contributed by atoms with E-state index in [1.807, 2.05) is 25.1 Å². The van der Waals surface area contributed by atoms with E-state index in [4.69, 9.17) is 21.3 Å². The van der Waals surface area contributed by atoms with Gasteiger partial charge in [-0.2, -0.15) is 9.97 Å². The van der Waals surface area contributed by atoms with Gasteiger partial charge in [0.1, 0.15) is 0 Å². The first-order chi connectivity index (χ1) is 13.0. The molecule has 2 aromatic heterocycles. The number of rotatable bonds is 3. The SMILES string of the molecule is Cc1cc(Cl)ccc1Nc1nc(N2C[C@@H](C)O[C@H](C)C2)nc2nccnc12. The lowest BCUT2D eigenvalue weighted by Crippen LogP contribution is -2.46. The molecule has 0 saturated carbocycles. The normalized spacial score (nSPS) is 20.1. The third kappa shape index (κ3) is 3.79. The zero-order valence-corrected chi connectivity index (χ0v) is 16.2. The molecule has 8 heteroatoms. The number of anilines is 3. The molecule has 3 heterocycles. The largest absolute Gasteiger partial charge is 0.372 e. The molecule has 0 aliphatic carbocycles. The first-order valence-corrected chi connectivity index (χ1v) is 9.30. The highest BCUT2D eigenvalue weighted by molar-refractivity contribution is 6.30. The fourth-order valence-electron chi connectivity index (χ4n) is 3.32. The monoisotopic (exact) mass is 384 g/mol. The van der Waals surface area contributed by atoms with Crippen molar-refractivity contribution in [1.82, 2.24) is 19.9 Å². The fourth-order valence-corrected chi connectivity index (χ4v) is 3.54. The van der Waals surface area contributed by atoms with Crippen LogP contribution in [0.1, 0.15) is 19.4 Å². The van der Waals surface area contributed by atoms with Gasteiger partial charge in [-0.3, -0.25) is 0 Å². The number of hydrogen-bond acceptors (Lipinski definition) is 7. The van der Waals surface area contributed by atoms with Gasteiger partial charge in [0.2, 0.25) is 5.95 Å². The van der Waals surface area contributed by atoms with Crippen molar-refractivity contribution in [3.63, 3.8) is 0 Å². The van der Waals surface area contributed by atoms with Gasteiger partial charge in [-0.15, -0.1) is 0 Å². The maximum Gasteiger partial charge on any atom is 0.229 e. The van der Waals surface area contributed by atoms with E-state index in [1.165, 1.54) is 0 Å². The summed E-state index contributed by atoms with van der Waals surface area (Å²) in [5.41, 5.74) is 3.13. The van der Waals surface area contributed by atoms with Crippen LogP contribution in [0, 0.1) is 6.92 Å². The van der Waals surface area contributed by atoms with Gasteiger partial charge in [-0.05, 0) is 44.5 Å². The Labute approximate surface area is 162 Å². The molecular formula is C19H21ClN6O. The molecule has 0 spiro atoms. The highest BCUT2D eigenvalue weighted by atomic mass is 35.5. The Morgan fingerprint density at radius 2 is 1.85 bits per heavy atom. The predicted octanol–water partition coefficient (Wildman–Crippen LogP) is 3.74. The molecule has 2 atom stereocenters. The summed E-state index contributed by atoms with van der Waals surface area (Å²) in [4.78, 5) is 20.3. The molecule has 3 aromatic rings. The summed E-state index contributed by atoms with van der Waals surface area (Å²) in [7, 11) is 0. The molecular weight excluding hydrogens is 364 g/mol. The summed E-state index contributed by atoms with van der Waals surface area (Å²) < 4.78 is 5.82. The molecule has 0 unspecified atom stereocenters. The van der Waals surface area contributed by atoms with Gasteiger partial charge in [0.25, 0.3) is 0 Å². The second kappa shape index (κ2) is 7.25. The van der Waals surface area contributed by atoms with Crippen LogP contribution in [-0.4, -0.2) is 45.2 Å². The molecule has 1 saturated heterocycles. The molecule has 1 aliphatic rings. The van der Waals surface area contributed by atoms with Crippen molar-refractivity contribution in [2.75, 3.05) is 23.3 Å². The molecule has 1 aromatic carbocycles. The number of nitrogens with zero attached hydrogens (tertiary/aromatic N) is 5. The Balaban J connectivity index is 1.76. The Kier molecular flexibility index (Phi) is 4.80. The van der Waals surface area contributed by atoms with Crippen LogP contribution in [-0.2, 0) is 4.74 Å². The average molecular weight is 385 g/mol. The van der Waals surface area contributed by atoms with E-state index in [2.05, 4.69) is 39.0 Å². The van der Waals surface area contributed by atoms with Gasteiger partial charge in [0.15, 0.2) is 17.0 Å². The van der Waals surface area contributed by atoms with Crippen LogP contribution in [0.15, 0.2) is 30.6 Å². The van der Waals surface area contributed by atoms with Crippen molar-refractivity contribution in [1.29, 1.82) is 0 Å². The number of benzene rings is 1. The Morgan fingerprint density at radius 3 is 2.59 bits per heavy atom. The molecule has 1 N–H and O–H groups in total. The number of halogens is 1. The summed E-state index contributed by atoms with van der Waals surface area (Å²) in [6, 6.07) is 5.68. The number of hydrogen-bond donors (Lipinski definition) is 1. The van der Waals surface area contributed by atoms with Crippen LogP contribution in [0.2, 0.25) is 5.02 Å². The standard InChI is InChI=1S/C19H21ClN6O/c1-11-8-14(20)4-5-15(11)23-18-16-17(22-7-6-21-16)24-19(25-18)26-9-12(2)27-13(3)10-26/h4-8,12-13H,9-10H2,1-3H3,(H,22,23,24,25)/t12-,13-/m1/s1. The van der Waals surface area contributed by atoms with Crippen LogP contribution in [0.5, 0.6) is 0 Å². The Bertz CT molecular complexity index is 972. The summed E-state index contributed by atoms with van der Waals surface area (Å²) in [6.07, 6.45) is 3.51. The zero-order chi connectivity index (χ0) is 19.0. The first kappa shape index (κ1) is 17.9. The molecule has 27 heavy (non-hydrogen) atoms. The van der Waals surface area contributed by atoms with Crippen molar-refractivity contribution in [3.05, 3.63) is 41.2 Å². The lowest BCUT2D eigenvalue weighted by molar-refractivity contribution is -0.00569. The number of fused-ring (bicyclic) bond motifs is 1. The predicted molar refractivity (Wildman–Crippen MR) is 107 cm³/mol. The molecule has 0 bridgehead atoms. The minimum absolute atomic E-state index is 0.116. The van der Waals surface area contributed by atoms with Crippen molar-refractivity contribution < 1.29 is 4.74 Å². The van der Waals surface area contributed by atoms with Crippen LogP contribution >= 0.6 is 11.6 Å². The second-order valence-electron chi connectivity index (χ2n) is 6.85. The quantitative estimate of drug-likeness (QED) is 0.737. The fraction of sp³-hybridized carbons (Fsp3) is 0.368. The second-order valence-corrected chi connectivity index (χ2v) is 7.28. The van der Waals surface area contributed by atoms with Gasteiger partial charge in [-0.25, -0.2) is 9.97 Å². The van der Waals surface area contributed by atoms with Gasteiger partial charge in [-0.1, -0.05) is 11.6 Å². The smallest absolute Gasteiger partial charge is 0.229 e. The third-order valence-corrected chi connectivity index (χ3v) is 4.70. The van der Waals surface area contributed by atoms with Crippen LogP contribution in [0.25, 0.3) is 11.2 Å². The summed E-state index contributed by atoms with van der Waals surface area (Å²) in [5.74, 6) is 1.25. The molecule has 140 valence electrons. The van der Waals surface area contributed by atoms with Crippen LogP contribution in [0.4, 0.5) is 17.5 Å². The molecule has 1 aliphatic heterocycles. The van der Waals surface area contributed by atoms with E-state index in [1.54, 1.807) is 12.4 Å². The maximum atomic E-state index is 6.07. The van der Waals surface area contributed by atoms with E-state index in [0.29, 0.717) is 28.0 Å². The van der Waals surface area contributed by atoms with Crippen molar-refractivity contribution in [2.24, 2.45) is 0 Å². The topological polar surface area (TPSA) is 76.1 Å². The van der Waals surface area contributed by atoms with E-state index in [9.17, 15) is 0 Å². The lowest BCUT2D eigenvalue weighted by atomic mass is 10.2. The number of aryl methyl sites for hydroxylation is 1. The minimum Gasteiger partial charge on any atom is -0.372 e. The van der Waals surface area contributed by atoms with Crippen LogP contribution < -0.4 is 10.2 Å². The highest BCUT2D eigenvalue weighted by Crippen LogP contribution is 2.28. The molecule has 0 radical (unpaired) electrons. The summed E-state index contributed by atoms with van der Waals surface area (Å²) in [5, 5.41) is 4.07. The van der Waals surface area contributed by atoms with Gasteiger partial charge in [0.05, 0.1) is 12.2 Å². The van der Waals surface area contributed by atoms with E-state index >= 15 is 0 Å². The van der Waals surface area contributed by atoms with Gasteiger partial charge < -0.3 is 15.0 Å². The van der Waals surface area contributed by atoms with Crippen LogP contribution in [0.3, 0.4) is 0 Å². The lowest BCUT2D eigenvalue weighted by Gasteiger charge is -2.35. The third-order valence-electron chi connectivity index (χ3n) is 4.46. The van der Waals surface area contributed by atoms with E-state index in [0.717, 1.165) is 24.3 Å². The summed E-state index contributed by atoms with van der Waals surface area (Å²) >= 11 is 6.07. The minimum atomic E-state index is 0.116. The number of nitrogens with one attached hydrogen (secondary N) is 1. The van der Waals surface area contributed by atoms with Crippen molar-refractivity contribution in [3.8, 4) is 0 Å². The summed E-state index contributed by atoms with van der Waals surface area (Å²) in [6.45, 7) is 7.57. The number of aromatic nitrogens is 4. The Hall–Kier alpha value is -2.51. The first-order valence-electron chi connectivity index (χ1n) is 8.92. The Morgan fingerprint density at radius 1 is 1.11 bits per heavy atom. The molecule has 7 nitrogen and oxygen atoms in total. The van der Waals surface area contributed by atoms with E-state index < -0.39 is 0 Å². The number of morpholine rings is 1. The number of ether oxygens (including phenoxy) is 1. The average Bonchev–Trinajstić information content (AvgIpc) is 2.63. The maximum absolute atomic E-state index is 6.07. The molecule has 4 rings (SSSR count). The molecule has 1 fully saturated rings. The molecule has 0 amide bonds. The van der Waals surface area contributed by atoms with Gasteiger partial charge in [0, 0.05) is 36.2 Å². The van der Waals surface area contributed by atoms with E-state index in [-0.39, 0.29) is 12.2 Å². The van der Waals surface area contributed by atoms with Gasteiger partial charge >= 0.3 is 0 Å². The highest BCUT2D eigenvalue weighted by Gasteiger charge is 2.25. The van der Waals surface area contributed by atoms with Crippen molar-refractivity contribution in [2.45, 2.75) is 33.0 Å². The zero-order valence-electron chi connectivity index (χ0n) is 15.5.